The van der Waals surface area contributed by atoms with E-state index in [0.29, 0.717) is 0 Å². The van der Waals surface area contributed by atoms with Crippen LogP contribution in [0.2, 0.25) is 5.25 Å². The third-order valence-electron chi connectivity index (χ3n) is 1.14. The molecule has 0 N–H and O–H groups in total. The number of ether oxygens (including phenoxy) is 2. The van der Waals surface area contributed by atoms with Gasteiger partial charge in [0.05, 0.1) is 0 Å². The van der Waals surface area contributed by atoms with Crippen LogP contribution in [0.1, 0.15) is 13.8 Å². The molecule has 0 heterocycles. The van der Waals surface area contributed by atoms with Crippen molar-refractivity contribution in [1.29, 1.82) is 0 Å². The first kappa shape index (κ1) is 10.5. The van der Waals surface area contributed by atoms with E-state index in [2.05, 4.69) is 6.92 Å². The van der Waals surface area contributed by atoms with E-state index in [9.17, 15) is 0 Å². The maximum atomic E-state index is 5.34. The summed E-state index contributed by atoms with van der Waals surface area (Å²) in [6.07, 6.45) is 0. The summed E-state index contributed by atoms with van der Waals surface area (Å²) in [7, 11) is 0. The Morgan fingerprint density at radius 3 is 2.10 bits per heavy atom. The molecule has 2 nitrogen and oxygen atoms in total. The van der Waals surface area contributed by atoms with Crippen molar-refractivity contribution in [3.05, 3.63) is 6.92 Å². The molecule has 0 amide bonds. The monoisotopic (exact) mass is 207 g/mol. The zero-order valence-corrected chi connectivity index (χ0v) is 9.90. The molecular formula is C7H17GeO2. The molecule has 0 saturated heterocycles. The second kappa shape index (κ2) is 7.57. The van der Waals surface area contributed by atoms with E-state index in [0.717, 1.165) is 18.5 Å². The van der Waals surface area contributed by atoms with E-state index >= 15 is 0 Å². The van der Waals surface area contributed by atoms with E-state index in [1.807, 2.05) is 13.8 Å². The molecule has 61 valence electrons. The van der Waals surface area contributed by atoms with Gasteiger partial charge in [0.2, 0.25) is 0 Å². The summed E-state index contributed by atoms with van der Waals surface area (Å²) < 4.78 is 10.7. The molecule has 1 radical (unpaired) electrons. The van der Waals surface area contributed by atoms with Gasteiger partial charge in [-0.1, -0.05) is 0 Å². The Balaban J connectivity index is 3.30. The molecule has 0 saturated carbocycles. The Kier molecular flexibility index (Phi) is 7.92. The van der Waals surface area contributed by atoms with Gasteiger partial charge in [-0.25, -0.2) is 0 Å². The van der Waals surface area contributed by atoms with E-state index in [1.54, 1.807) is 0 Å². The van der Waals surface area contributed by atoms with Gasteiger partial charge in [-0.2, -0.15) is 0 Å². The summed E-state index contributed by atoms with van der Waals surface area (Å²) in [6.45, 7) is 9.33. The molecule has 0 atom stereocenters. The Hall–Kier alpha value is 0.463. The van der Waals surface area contributed by atoms with Gasteiger partial charge in [0.15, 0.2) is 0 Å². The van der Waals surface area contributed by atoms with Crippen LogP contribution < -0.4 is 0 Å². The molecule has 0 fully saturated rings. The van der Waals surface area contributed by atoms with Gasteiger partial charge in [-0.3, -0.25) is 0 Å². The molecule has 0 aromatic rings. The predicted molar refractivity (Wildman–Crippen MR) is 45.7 cm³/mol. The average molecular weight is 206 g/mol. The van der Waals surface area contributed by atoms with Crippen molar-refractivity contribution >= 4 is 15.4 Å². The first-order chi connectivity index (χ1) is 4.85. The molecule has 0 rings (SSSR count). The SMILES string of the molecule is [CH2][CH2][GeH2][CH](OCC)OCC. The van der Waals surface area contributed by atoms with Gasteiger partial charge >= 0.3 is 69.3 Å². The molecule has 0 aliphatic rings. The molecule has 0 aliphatic carbocycles. The third kappa shape index (κ3) is 5.26. The Morgan fingerprint density at radius 1 is 1.30 bits per heavy atom. The van der Waals surface area contributed by atoms with Crippen LogP contribution in [0.15, 0.2) is 0 Å². The first-order valence-corrected chi connectivity index (χ1v) is 7.68. The number of rotatable bonds is 6. The van der Waals surface area contributed by atoms with Crippen LogP contribution in [0.3, 0.4) is 0 Å². The van der Waals surface area contributed by atoms with E-state index in [4.69, 9.17) is 9.47 Å². The summed E-state index contributed by atoms with van der Waals surface area (Å²) in [5.74, 6) is 0. The van der Waals surface area contributed by atoms with Crippen LogP contribution in [0.4, 0.5) is 0 Å². The minimum atomic E-state index is -0.638. The van der Waals surface area contributed by atoms with Gasteiger partial charge in [-0.15, -0.1) is 0 Å². The molecule has 0 aliphatic heterocycles. The maximum absolute atomic E-state index is 5.34. The van der Waals surface area contributed by atoms with Crippen molar-refractivity contribution in [3.63, 3.8) is 0 Å². The first-order valence-electron chi connectivity index (χ1n) is 3.87. The van der Waals surface area contributed by atoms with Crippen molar-refractivity contribution in [2.75, 3.05) is 13.2 Å². The Bertz CT molecular complexity index is 54.4. The van der Waals surface area contributed by atoms with E-state index in [1.165, 1.54) is 0 Å². The molecule has 0 bridgehead atoms. The fraction of sp³-hybridized carbons (Fsp3) is 0.857. The number of hydrogen-bond acceptors (Lipinski definition) is 2. The third-order valence-corrected chi connectivity index (χ3v) is 3.98. The van der Waals surface area contributed by atoms with Crippen LogP contribution in [-0.4, -0.2) is 33.8 Å². The number of hydrogen-bond donors (Lipinski definition) is 0. The predicted octanol–water partition coefficient (Wildman–Crippen LogP) is 0.764. The summed E-state index contributed by atoms with van der Waals surface area (Å²) in [5, 5.41) is 1.21. The topological polar surface area (TPSA) is 18.5 Å². The van der Waals surface area contributed by atoms with E-state index < -0.39 is 15.4 Å². The molecular weight excluding hydrogens is 189 g/mol. The molecule has 10 heavy (non-hydrogen) atoms. The van der Waals surface area contributed by atoms with Crippen molar-refractivity contribution in [1.82, 2.24) is 0 Å². The summed E-state index contributed by atoms with van der Waals surface area (Å²) in [4.78, 5) is 0. The summed E-state index contributed by atoms with van der Waals surface area (Å²) >= 11 is -0.638. The molecule has 0 aromatic heterocycles. The fourth-order valence-electron chi connectivity index (χ4n) is 0.753. The fourth-order valence-corrected chi connectivity index (χ4v) is 3.14. The minimum absolute atomic E-state index is 0.153. The van der Waals surface area contributed by atoms with Crippen molar-refractivity contribution in [2.24, 2.45) is 0 Å². The van der Waals surface area contributed by atoms with E-state index in [-0.39, 0.29) is 5.12 Å². The van der Waals surface area contributed by atoms with Crippen molar-refractivity contribution < 1.29 is 9.47 Å². The van der Waals surface area contributed by atoms with Gasteiger partial charge < -0.3 is 0 Å². The van der Waals surface area contributed by atoms with Crippen LogP contribution in [-0.2, 0) is 9.47 Å². The Morgan fingerprint density at radius 2 is 1.80 bits per heavy atom. The standard InChI is InChI=1S/C7H17GeO2/c1-4-8-7(9-5-2)10-6-3/h7H,1,4-6,8H2,2-3H3. The molecule has 3 heteroatoms. The second-order valence-corrected chi connectivity index (χ2v) is 6.08. The molecule has 0 unspecified atom stereocenters. The summed E-state index contributed by atoms with van der Waals surface area (Å²) in [5.41, 5.74) is 0. The van der Waals surface area contributed by atoms with Crippen LogP contribution >= 0.6 is 0 Å². The van der Waals surface area contributed by atoms with Crippen molar-refractivity contribution in [3.8, 4) is 0 Å². The quantitative estimate of drug-likeness (QED) is 0.471. The van der Waals surface area contributed by atoms with Gasteiger partial charge in [-0.05, 0) is 0 Å². The van der Waals surface area contributed by atoms with Gasteiger partial charge in [0.25, 0.3) is 0 Å². The summed E-state index contributed by atoms with van der Waals surface area (Å²) in [6, 6.07) is 0. The zero-order chi connectivity index (χ0) is 7.82. The molecule has 0 aromatic carbocycles. The van der Waals surface area contributed by atoms with Gasteiger partial charge in [0, 0.05) is 0 Å². The molecule has 0 spiro atoms. The van der Waals surface area contributed by atoms with Crippen molar-refractivity contribution in [2.45, 2.75) is 24.2 Å². The Labute approximate surface area is 69.8 Å². The second-order valence-electron chi connectivity index (χ2n) is 1.98. The van der Waals surface area contributed by atoms with Gasteiger partial charge in [0.1, 0.15) is 0 Å². The average Bonchev–Trinajstić information content (AvgIpc) is 1.90. The van der Waals surface area contributed by atoms with Crippen LogP contribution in [0.25, 0.3) is 0 Å². The zero-order valence-electron chi connectivity index (χ0n) is 6.93. The van der Waals surface area contributed by atoms with Crippen LogP contribution in [0, 0.1) is 6.92 Å². The van der Waals surface area contributed by atoms with Crippen LogP contribution in [0.5, 0.6) is 0 Å². The normalized spacial score (nSPS) is 12.0.